The van der Waals surface area contributed by atoms with Gasteiger partial charge in [-0.05, 0) is 18.2 Å². The number of aromatic hydroxyl groups is 1. The van der Waals surface area contributed by atoms with Gasteiger partial charge in [-0.15, -0.1) is 10.2 Å². The minimum Gasteiger partial charge on any atom is -0.506 e. The molecule has 0 atom stereocenters. The maximum absolute atomic E-state index is 12.3. The molecule has 2 aromatic rings. The summed E-state index contributed by atoms with van der Waals surface area (Å²) in [6.07, 6.45) is 1.66. The van der Waals surface area contributed by atoms with Gasteiger partial charge in [-0.1, -0.05) is 11.6 Å². The average Bonchev–Trinajstić information content (AvgIpc) is 2.88. The maximum atomic E-state index is 12.3. The quantitative estimate of drug-likeness (QED) is 0.853. The molecule has 7 heteroatoms. The topological polar surface area (TPSA) is 71.2 Å². The fourth-order valence-corrected chi connectivity index (χ4v) is 2.24. The van der Waals surface area contributed by atoms with Crippen molar-refractivity contribution in [1.82, 2.24) is 19.7 Å². The highest BCUT2D eigenvalue weighted by atomic mass is 35.5. The van der Waals surface area contributed by atoms with Crippen molar-refractivity contribution in [3.8, 4) is 5.75 Å². The third-order valence-electron chi connectivity index (χ3n) is 3.12. The number of benzene rings is 1. The second kappa shape index (κ2) is 4.55. The number of halogens is 1. The van der Waals surface area contributed by atoms with Crippen molar-refractivity contribution in [1.29, 1.82) is 0 Å². The molecule has 0 fully saturated rings. The monoisotopic (exact) mass is 278 g/mol. The van der Waals surface area contributed by atoms with E-state index in [0.717, 1.165) is 5.82 Å². The molecule has 2 heterocycles. The third kappa shape index (κ3) is 2.15. The standard InChI is InChI=1S/C12H11ClN4O2/c13-9-5-8(1-2-10(9)18)12(19)16-3-4-17-7-14-15-11(17)6-16/h1-2,5,7,18H,3-4,6H2. The van der Waals surface area contributed by atoms with E-state index in [1.165, 1.54) is 12.1 Å². The fourth-order valence-electron chi connectivity index (χ4n) is 2.06. The van der Waals surface area contributed by atoms with E-state index in [1.807, 2.05) is 4.57 Å². The SMILES string of the molecule is O=C(c1ccc(O)c(Cl)c1)N1CCn2cnnc2C1. The van der Waals surface area contributed by atoms with Gasteiger partial charge in [-0.25, -0.2) is 0 Å². The van der Waals surface area contributed by atoms with Crippen molar-refractivity contribution in [3.63, 3.8) is 0 Å². The Morgan fingerprint density at radius 2 is 2.21 bits per heavy atom. The van der Waals surface area contributed by atoms with Crippen LogP contribution < -0.4 is 0 Å². The number of amides is 1. The van der Waals surface area contributed by atoms with Crippen LogP contribution in [0.15, 0.2) is 24.5 Å². The first-order valence-corrected chi connectivity index (χ1v) is 6.17. The molecule has 1 aliphatic heterocycles. The smallest absolute Gasteiger partial charge is 0.254 e. The van der Waals surface area contributed by atoms with E-state index < -0.39 is 0 Å². The van der Waals surface area contributed by atoms with Gasteiger partial charge in [0.15, 0.2) is 5.82 Å². The van der Waals surface area contributed by atoms with Crippen LogP contribution in [0.2, 0.25) is 5.02 Å². The van der Waals surface area contributed by atoms with Crippen LogP contribution in [-0.4, -0.2) is 37.2 Å². The molecule has 0 bridgehead atoms. The van der Waals surface area contributed by atoms with Gasteiger partial charge in [0.2, 0.25) is 0 Å². The van der Waals surface area contributed by atoms with Crippen molar-refractivity contribution < 1.29 is 9.90 Å². The average molecular weight is 279 g/mol. The first-order chi connectivity index (χ1) is 9.15. The normalized spacial score (nSPS) is 14.3. The fraction of sp³-hybridized carbons (Fsp3) is 0.250. The van der Waals surface area contributed by atoms with E-state index >= 15 is 0 Å². The Morgan fingerprint density at radius 1 is 1.37 bits per heavy atom. The molecule has 1 aromatic carbocycles. The van der Waals surface area contributed by atoms with E-state index in [0.29, 0.717) is 25.2 Å². The summed E-state index contributed by atoms with van der Waals surface area (Å²) < 4.78 is 1.92. The zero-order chi connectivity index (χ0) is 13.4. The van der Waals surface area contributed by atoms with Gasteiger partial charge in [0.25, 0.3) is 5.91 Å². The van der Waals surface area contributed by atoms with Gasteiger partial charge in [0.1, 0.15) is 12.1 Å². The summed E-state index contributed by atoms with van der Waals surface area (Å²) in [5, 5.41) is 17.3. The van der Waals surface area contributed by atoms with Crippen LogP contribution >= 0.6 is 11.6 Å². The predicted octanol–water partition coefficient (Wildman–Crippen LogP) is 1.29. The Kier molecular flexibility index (Phi) is 2.87. The number of hydrogen-bond acceptors (Lipinski definition) is 4. The van der Waals surface area contributed by atoms with Crippen LogP contribution in [0.3, 0.4) is 0 Å². The predicted molar refractivity (Wildman–Crippen MR) is 67.9 cm³/mol. The number of rotatable bonds is 1. The summed E-state index contributed by atoms with van der Waals surface area (Å²) in [7, 11) is 0. The molecule has 0 aliphatic carbocycles. The van der Waals surface area contributed by atoms with E-state index in [1.54, 1.807) is 17.3 Å². The lowest BCUT2D eigenvalue weighted by molar-refractivity contribution is 0.0707. The van der Waals surface area contributed by atoms with Crippen molar-refractivity contribution >= 4 is 17.5 Å². The number of nitrogens with zero attached hydrogens (tertiary/aromatic N) is 4. The highest BCUT2D eigenvalue weighted by molar-refractivity contribution is 6.32. The van der Waals surface area contributed by atoms with Gasteiger partial charge >= 0.3 is 0 Å². The summed E-state index contributed by atoms with van der Waals surface area (Å²) in [5.41, 5.74) is 0.454. The maximum Gasteiger partial charge on any atom is 0.254 e. The second-order valence-electron chi connectivity index (χ2n) is 4.33. The molecule has 0 saturated carbocycles. The molecule has 98 valence electrons. The minimum atomic E-state index is -0.129. The Morgan fingerprint density at radius 3 is 3.00 bits per heavy atom. The highest BCUT2D eigenvalue weighted by Gasteiger charge is 2.23. The second-order valence-corrected chi connectivity index (χ2v) is 4.74. The van der Waals surface area contributed by atoms with E-state index in [4.69, 9.17) is 11.6 Å². The molecule has 3 rings (SSSR count). The van der Waals surface area contributed by atoms with Crippen LogP contribution in [0.4, 0.5) is 0 Å². The number of hydrogen-bond donors (Lipinski definition) is 1. The van der Waals surface area contributed by atoms with Gasteiger partial charge < -0.3 is 14.6 Å². The number of fused-ring (bicyclic) bond motifs is 1. The highest BCUT2D eigenvalue weighted by Crippen LogP contribution is 2.24. The zero-order valence-electron chi connectivity index (χ0n) is 9.95. The molecule has 1 aliphatic rings. The van der Waals surface area contributed by atoms with Gasteiger partial charge in [-0.3, -0.25) is 4.79 Å². The first kappa shape index (κ1) is 12.0. The lowest BCUT2D eigenvalue weighted by Crippen LogP contribution is -2.38. The molecule has 1 aromatic heterocycles. The first-order valence-electron chi connectivity index (χ1n) is 5.79. The number of aromatic nitrogens is 3. The van der Waals surface area contributed by atoms with E-state index in [9.17, 15) is 9.90 Å². The van der Waals surface area contributed by atoms with E-state index in [2.05, 4.69) is 10.2 Å². The van der Waals surface area contributed by atoms with Gasteiger partial charge in [0, 0.05) is 18.7 Å². The number of carbonyl (C=O) groups is 1. The molecule has 0 spiro atoms. The lowest BCUT2D eigenvalue weighted by Gasteiger charge is -2.27. The van der Waals surface area contributed by atoms with Crippen LogP contribution in [-0.2, 0) is 13.1 Å². The molecular weight excluding hydrogens is 268 g/mol. The lowest BCUT2D eigenvalue weighted by atomic mass is 10.1. The Hall–Kier alpha value is -2.08. The largest absolute Gasteiger partial charge is 0.506 e. The van der Waals surface area contributed by atoms with Crippen molar-refractivity contribution in [2.24, 2.45) is 0 Å². The number of phenols is 1. The van der Waals surface area contributed by atoms with Gasteiger partial charge in [0.05, 0.1) is 11.6 Å². The molecule has 0 unspecified atom stereocenters. The van der Waals surface area contributed by atoms with E-state index in [-0.39, 0.29) is 16.7 Å². The Balaban J connectivity index is 1.83. The molecule has 0 saturated heterocycles. The van der Waals surface area contributed by atoms with Crippen LogP contribution in [0.25, 0.3) is 0 Å². The minimum absolute atomic E-state index is 0.0309. The molecule has 6 nitrogen and oxygen atoms in total. The van der Waals surface area contributed by atoms with Crippen molar-refractivity contribution in [2.75, 3.05) is 6.54 Å². The third-order valence-corrected chi connectivity index (χ3v) is 3.42. The zero-order valence-corrected chi connectivity index (χ0v) is 10.7. The summed E-state index contributed by atoms with van der Waals surface area (Å²) in [6.45, 7) is 1.71. The molecular formula is C12H11ClN4O2. The Labute approximate surface area is 114 Å². The summed E-state index contributed by atoms with van der Waals surface area (Å²) in [6, 6.07) is 4.45. The van der Waals surface area contributed by atoms with Crippen LogP contribution in [0.1, 0.15) is 16.2 Å². The molecule has 0 radical (unpaired) electrons. The summed E-state index contributed by atoms with van der Waals surface area (Å²) in [5.74, 6) is 0.609. The van der Waals surface area contributed by atoms with Crippen LogP contribution in [0, 0.1) is 0 Å². The van der Waals surface area contributed by atoms with Crippen molar-refractivity contribution in [3.05, 3.63) is 40.9 Å². The Bertz CT molecular complexity index is 640. The van der Waals surface area contributed by atoms with Crippen LogP contribution in [0.5, 0.6) is 5.75 Å². The summed E-state index contributed by atoms with van der Waals surface area (Å²) in [4.78, 5) is 14.0. The summed E-state index contributed by atoms with van der Waals surface area (Å²) >= 11 is 5.81. The molecule has 1 amide bonds. The van der Waals surface area contributed by atoms with Crippen molar-refractivity contribution in [2.45, 2.75) is 13.1 Å². The molecule has 1 N–H and O–H groups in total. The number of phenolic OH excluding ortho intramolecular Hbond substituents is 1. The van der Waals surface area contributed by atoms with Gasteiger partial charge in [-0.2, -0.15) is 0 Å². The number of carbonyl (C=O) groups excluding carboxylic acids is 1. The molecule has 19 heavy (non-hydrogen) atoms.